The molecule has 1 amide bonds. The van der Waals surface area contributed by atoms with Crippen molar-refractivity contribution >= 4 is 29.3 Å². The third-order valence-electron chi connectivity index (χ3n) is 1.18. The van der Waals surface area contributed by atoms with Crippen molar-refractivity contribution in [2.75, 3.05) is 0 Å². The maximum Gasteiger partial charge on any atom is 1.00 e. The SMILES string of the molecule is O=C([N-]Cl)c1ccccc1Cl.[Na+]. The molecule has 1 aromatic rings. The first-order valence-corrected chi connectivity index (χ1v) is 3.58. The summed E-state index contributed by atoms with van der Waals surface area (Å²) < 4.78 is 0. The van der Waals surface area contributed by atoms with Crippen molar-refractivity contribution in [3.63, 3.8) is 0 Å². The van der Waals surface area contributed by atoms with Gasteiger partial charge in [0.15, 0.2) is 0 Å². The van der Waals surface area contributed by atoms with Gasteiger partial charge in [-0.15, -0.1) is 0 Å². The van der Waals surface area contributed by atoms with Gasteiger partial charge in [-0.3, -0.25) is 0 Å². The Bertz CT molecular complexity index is 280. The van der Waals surface area contributed by atoms with E-state index in [1.807, 2.05) is 0 Å². The van der Waals surface area contributed by atoms with E-state index in [4.69, 9.17) is 23.4 Å². The van der Waals surface area contributed by atoms with Crippen LogP contribution in [0.2, 0.25) is 5.02 Å². The van der Waals surface area contributed by atoms with Gasteiger partial charge in [0.2, 0.25) is 0 Å². The van der Waals surface area contributed by atoms with Crippen LogP contribution in [-0.4, -0.2) is 5.91 Å². The molecule has 0 bridgehead atoms. The topological polar surface area (TPSA) is 31.2 Å². The van der Waals surface area contributed by atoms with E-state index in [1.54, 1.807) is 24.3 Å². The fraction of sp³-hybridized carbons (Fsp3) is 0. The summed E-state index contributed by atoms with van der Waals surface area (Å²) >= 11 is 10.6. The molecule has 0 saturated heterocycles. The van der Waals surface area contributed by atoms with E-state index in [-0.39, 0.29) is 29.6 Å². The molecule has 12 heavy (non-hydrogen) atoms. The van der Waals surface area contributed by atoms with Crippen LogP contribution in [0.25, 0.3) is 4.84 Å². The molecule has 0 atom stereocenters. The summed E-state index contributed by atoms with van der Waals surface area (Å²) in [5, 5.41) is 0.363. The Morgan fingerprint density at radius 3 is 2.42 bits per heavy atom. The summed E-state index contributed by atoms with van der Waals surface area (Å²) in [7, 11) is 0. The zero-order chi connectivity index (χ0) is 8.27. The van der Waals surface area contributed by atoms with Crippen LogP contribution in [-0.2, 0) is 0 Å². The smallest absolute Gasteiger partial charge is 0.566 e. The Kier molecular flexibility index (Phi) is 5.97. The Balaban J connectivity index is 0.00000121. The molecule has 1 aromatic carbocycles. The average Bonchev–Trinajstić information content (AvgIpc) is 2.04. The number of hydrogen-bond donors (Lipinski definition) is 0. The molecule has 5 heteroatoms. The molecule has 0 radical (unpaired) electrons. The van der Waals surface area contributed by atoms with Crippen molar-refractivity contribution in [3.8, 4) is 0 Å². The van der Waals surface area contributed by atoms with Crippen LogP contribution >= 0.6 is 23.4 Å². The van der Waals surface area contributed by atoms with Crippen molar-refractivity contribution in [2.24, 2.45) is 0 Å². The molecule has 58 valence electrons. The fourth-order valence-corrected chi connectivity index (χ4v) is 0.988. The van der Waals surface area contributed by atoms with Gasteiger partial charge < -0.3 is 9.63 Å². The monoisotopic (exact) mass is 211 g/mol. The number of rotatable bonds is 1. The van der Waals surface area contributed by atoms with Gasteiger partial charge in [-0.05, 0) is 6.07 Å². The maximum atomic E-state index is 10.9. The molecule has 0 aliphatic carbocycles. The summed E-state index contributed by atoms with van der Waals surface area (Å²) in [4.78, 5) is 13.8. The van der Waals surface area contributed by atoms with Gasteiger partial charge in [-0.2, -0.15) is 0 Å². The van der Waals surface area contributed by atoms with Gasteiger partial charge in [-0.25, -0.2) is 11.8 Å². The molecule has 0 fully saturated rings. The maximum absolute atomic E-state index is 10.9. The van der Waals surface area contributed by atoms with Gasteiger partial charge in [-0.1, -0.05) is 29.8 Å². The quantitative estimate of drug-likeness (QED) is 0.603. The summed E-state index contributed by atoms with van der Waals surface area (Å²) in [5.74, 6) is -0.516. The number of hydrogen-bond acceptors (Lipinski definition) is 1. The van der Waals surface area contributed by atoms with E-state index in [0.29, 0.717) is 10.6 Å². The third kappa shape index (κ3) is 2.96. The molecule has 0 N–H and O–H groups in total. The standard InChI is InChI=1S/C7H5Cl2NO.Na/c8-6-4-2-1-3-5(6)7(11)10-9;/h1-4H,(H,10,11);/q;+1/p-1. The molecular formula is C7H4Cl2NNaO. The first-order valence-electron chi connectivity index (χ1n) is 2.86. The normalized spacial score (nSPS) is 8.50. The molecule has 0 aliphatic heterocycles. The first-order chi connectivity index (χ1) is 5.25. The molecule has 0 heterocycles. The van der Waals surface area contributed by atoms with Gasteiger partial charge in [0.25, 0.3) is 0 Å². The minimum Gasteiger partial charge on any atom is -0.566 e. The predicted molar refractivity (Wildman–Crippen MR) is 45.0 cm³/mol. The van der Waals surface area contributed by atoms with E-state index in [9.17, 15) is 4.79 Å². The van der Waals surface area contributed by atoms with E-state index in [2.05, 4.69) is 4.84 Å². The zero-order valence-electron chi connectivity index (χ0n) is 6.42. The summed E-state index contributed by atoms with van der Waals surface area (Å²) in [6.07, 6.45) is 0. The number of carbonyl (C=O) groups excluding carboxylic acids is 1. The first kappa shape index (κ1) is 12.3. The van der Waals surface area contributed by atoms with Crippen LogP contribution in [0.5, 0.6) is 0 Å². The van der Waals surface area contributed by atoms with Crippen LogP contribution in [0, 0.1) is 0 Å². The Morgan fingerprint density at radius 2 is 1.92 bits per heavy atom. The molecular weight excluding hydrogens is 208 g/mol. The van der Waals surface area contributed by atoms with Crippen molar-refractivity contribution in [1.82, 2.24) is 0 Å². The van der Waals surface area contributed by atoms with Gasteiger partial charge in [0, 0.05) is 10.6 Å². The van der Waals surface area contributed by atoms with Crippen LogP contribution in [0.1, 0.15) is 10.4 Å². The largest absolute Gasteiger partial charge is 1.00 e. The number of benzene rings is 1. The van der Waals surface area contributed by atoms with Crippen LogP contribution in [0.3, 0.4) is 0 Å². The number of nitrogens with zero attached hydrogens (tertiary/aromatic N) is 1. The van der Waals surface area contributed by atoms with Gasteiger partial charge in [0.05, 0.1) is 5.91 Å². The predicted octanol–water partition coefficient (Wildman–Crippen LogP) is 0.0117. The van der Waals surface area contributed by atoms with Crippen LogP contribution in [0.4, 0.5) is 0 Å². The molecule has 0 aromatic heterocycles. The minimum absolute atomic E-state index is 0. The van der Waals surface area contributed by atoms with Crippen molar-refractivity contribution in [1.29, 1.82) is 0 Å². The number of amides is 1. The van der Waals surface area contributed by atoms with E-state index in [0.717, 1.165) is 0 Å². The van der Waals surface area contributed by atoms with Crippen LogP contribution < -0.4 is 29.6 Å². The average molecular weight is 212 g/mol. The van der Waals surface area contributed by atoms with Gasteiger partial charge >= 0.3 is 29.6 Å². The molecule has 0 spiro atoms. The molecule has 0 unspecified atom stereocenters. The van der Waals surface area contributed by atoms with Gasteiger partial charge in [0.1, 0.15) is 0 Å². The Hall–Kier alpha value is 0.270. The Morgan fingerprint density at radius 1 is 1.33 bits per heavy atom. The summed E-state index contributed by atoms with van der Waals surface area (Å²) in [6, 6.07) is 6.60. The van der Waals surface area contributed by atoms with E-state index < -0.39 is 5.91 Å². The van der Waals surface area contributed by atoms with Crippen molar-refractivity contribution < 1.29 is 34.4 Å². The number of halogens is 2. The second kappa shape index (κ2) is 5.84. The van der Waals surface area contributed by atoms with Crippen molar-refractivity contribution in [2.45, 2.75) is 0 Å². The molecule has 1 rings (SSSR count). The second-order valence-electron chi connectivity index (χ2n) is 1.87. The third-order valence-corrected chi connectivity index (χ3v) is 1.66. The molecule has 2 nitrogen and oxygen atoms in total. The molecule has 0 saturated carbocycles. The molecule has 0 aliphatic rings. The zero-order valence-corrected chi connectivity index (χ0v) is 9.93. The minimum atomic E-state index is -0.516. The fourth-order valence-electron chi connectivity index (χ4n) is 0.680. The second-order valence-corrected chi connectivity index (χ2v) is 2.45. The summed E-state index contributed by atoms with van der Waals surface area (Å²) in [6.45, 7) is 0. The van der Waals surface area contributed by atoms with Crippen LogP contribution in [0.15, 0.2) is 24.3 Å². The summed E-state index contributed by atoms with van der Waals surface area (Å²) in [5.41, 5.74) is 0.323. The Labute approximate surface area is 103 Å². The van der Waals surface area contributed by atoms with Crippen molar-refractivity contribution in [3.05, 3.63) is 39.7 Å². The van der Waals surface area contributed by atoms with E-state index >= 15 is 0 Å². The number of carbonyl (C=O) groups is 1. The van der Waals surface area contributed by atoms with E-state index in [1.165, 1.54) is 0 Å².